The highest BCUT2D eigenvalue weighted by molar-refractivity contribution is 9.11. The number of carbonyl (C=O) groups excluding carboxylic acids is 1. The Kier molecular flexibility index (Phi) is 5.52. The van der Waals surface area contributed by atoms with Gasteiger partial charge in [-0.3, -0.25) is 4.79 Å². The molecule has 0 bridgehead atoms. The minimum Gasteiger partial charge on any atom is -0.494 e. The fourth-order valence-electron chi connectivity index (χ4n) is 1.80. The molecule has 0 unspecified atom stereocenters. The normalized spacial score (nSPS) is 10.9. The molecule has 5 nitrogen and oxygen atoms in total. The van der Waals surface area contributed by atoms with Crippen LogP contribution < -0.4 is 10.1 Å². The Morgan fingerprint density at radius 3 is 3.04 bits per heavy atom. The standard InChI is InChI=1S/C14H12BrN3O2S3/c1-2-20-8-3-4-9-10(5-8)22-14(17-9)21-7-12(19)18-13-16-6-11(15)23-13/h3-6H,2,7H2,1H3,(H,16,18,19). The maximum Gasteiger partial charge on any atom is 0.236 e. The van der Waals surface area contributed by atoms with Gasteiger partial charge in [-0.1, -0.05) is 23.1 Å². The Labute approximate surface area is 153 Å². The third-order valence-electron chi connectivity index (χ3n) is 2.70. The smallest absolute Gasteiger partial charge is 0.236 e. The Balaban J connectivity index is 1.61. The van der Waals surface area contributed by atoms with Gasteiger partial charge < -0.3 is 10.1 Å². The number of hydrogen-bond donors (Lipinski definition) is 1. The van der Waals surface area contributed by atoms with E-state index in [0.717, 1.165) is 24.1 Å². The summed E-state index contributed by atoms with van der Waals surface area (Å²) in [4.78, 5) is 20.5. The summed E-state index contributed by atoms with van der Waals surface area (Å²) < 4.78 is 8.30. The van der Waals surface area contributed by atoms with Crippen LogP contribution in [0.2, 0.25) is 0 Å². The Hall–Kier alpha value is -1.16. The molecular formula is C14H12BrN3O2S3. The van der Waals surface area contributed by atoms with Crippen molar-refractivity contribution in [2.45, 2.75) is 11.3 Å². The van der Waals surface area contributed by atoms with E-state index in [1.165, 1.54) is 23.1 Å². The number of amides is 1. The van der Waals surface area contributed by atoms with E-state index >= 15 is 0 Å². The summed E-state index contributed by atoms with van der Waals surface area (Å²) in [6, 6.07) is 5.83. The summed E-state index contributed by atoms with van der Waals surface area (Å²) in [6.07, 6.45) is 1.66. The molecule has 0 saturated heterocycles. The van der Waals surface area contributed by atoms with Crippen LogP contribution in [-0.4, -0.2) is 28.2 Å². The van der Waals surface area contributed by atoms with Gasteiger partial charge in [0, 0.05) is 0 Å². The van der Waals surface area contributed by atoms with Gasteiger partial charge in [-0.25, -0.2) is 9.97 Å². The van der Waals surface area contributed by atoms with E-state index in [9.17, 15) is 4.79 Å². The van der Waals surface area contributed by atoms with E-state index in [4.69, 9.17) is 4.74 Å². The van der Waals surface area contributed by atoms with E-state index in [-0.39, 0.29) is 5.91 Å². The molecule has 0 aliphatic heterocycles. The lowest BCUT2D eigenvalue weighted by Crippen LogP contribution is -2.13. The fraction of sp³-hybridized carbons (Fsp3) is 0.214. The number of aromatic nitrogens is 2. The lowest BCUT2D eigenvalue weighted by molar-refractivity contribution is -0.113. The molecule has 0 spiro atoms. The van der Waals surface area contributed by atoms with Gasteiger partial charge in [-0.2, -0.15) is 0 Å². The number of hydrogen-bond acceptors (Lipinski definition) is 7. The van der Waals surface area contributed by atoms with Gasteiger partial charge >= 0.3 is 0 Å². The second-order valence-electron chi connectivity index (χ2n) is 4.35. The molecule has 1 amide bonds. The van der Waals surface area contributed by atoms with Crippen molar-refractivity contribution in [3.8, 4) is 5.75 Å². The second kappa shape index (κ2) is 7.61. The second-order valence-corrected chi connectivity index (χ2v) is 9.01. The van der Waals surface area contributed by atoms with Crippen LogP contribution in [0.5, 0.6) is 5.75 Å². The monoisotopic (exact) mass is 429 g/mol. The first-order valence-corrected chi connectivity index (χ1v) is 10.1. The minimum absolute atomic E-state index is 0.0916. The first-order valence-electron chi connectivity index (χ1n) is 6.71. The van der Waals surface area contributed by atoms with Crippen LogP contribution in [0.3, 0.4) is 0 Å². The highest BCUT2D eigenvalue weighted by atomic mass is 79.9. The first kappa shape index (κ1) is 16.7. The predicted molar refractivity (Wildman–Crippen MR) is 100.0 cm³/mol. The quantitative estimate of drug-likeness (QED) is 0.577. The first-order chi connectivity index (χ1) is 11.1. The van der Waals surface area contributed by atoms with Crippen LogP contribution in [0.15, 0.2) is 32.5 Å². The topological polar surface area (TPSA) is 64.1 Å². The van der Waals surface area contributed by atoms with E-state index in [1.807, 2.05) is 25.1 Å². The number of fused-ring (bicyclic) bond motifs is 1. The number of anilines is 1. The fourth-order valence-corrected chi connectivity index (χ4v) is 4.82. The molecule has 23 heavy (non-hydrogen) atoms. The highest BCUT2D eigenvalue weighted by Crippen LogP contribution is 2.32. The number of nitrogens with zero attached hydrogens (tertiary/aromatic N) is 2. The van der Waals surface area contributed by atoms with Gasteiger partial charge in [0.15, 0.2) is 9.47 Å². The summed E-state index contributed by atoms with van der Waals surface area (Å²) in [5, 5.41) is 3.36. The van der Waals surface area contributed by atoms with Crippen molar-refractivity contribution in [3.05, 3.63) is 28.2 Å². The van der Waals surface area contributed by atoms with Crippen molar-refractivity contribution in [3.63, 3.8) is 0 Å². The number of halogens is 1. The molecule has 0 aliphatic rings. The molecular weight excluding hydrogens is 418 g/mol. The van der Waals surface area contributed by atoms with E-state index < -0.39 is 0 Å². The molecule has 0 aliphatic carbocycles. The van der Waals surface area contributed by atoms with Gasteiger partial charge in [-0.05, 0) is 41.1 Å². The number of thioether (sulfide) groups is 1. The molecule has 0 atom stereocenters. The summed E-state index contributed by atoms with van der Waals surface area (Å²) in [5.74, 6) is 1.05. The maximum absolute atomic E-state index is 11.9. The SMILES string of the molecule is CCOc1ccc2nc(SCC(=O)Nc3ncc(Br)s3)sc2c1. The number of thiazole rings is 2. The molecule has 9 heteroatoms. The molecule has 1 aromatic carbocycles. The zero-order chi connectivity index (χ0) is 16.2. The van der Waals surface area contributed by atoms with Crippen LogP contribution in [0.25, 0.3) is 10.2 Å². The van der Waals surface area contributed by atoms with Crippen molar-refractivity contribution in [1.29, 1.82) is 0 Å². The zero-order valence-electron chi connectivity index (χ0n) is 12.0. The molecule has 1 N–H and O–H groups in total. The average molecular weight is 430 g/mol. The number of rotatable bonds is 6. The van der Waals surface area contributed by atoms with Crippen LogP contribution in [0.1, 0.15) is 6.92 Å². The number of ether oxygens (including phenoxy) is 1. The number of nitrogens with one attached hydrogen (secondary N) is 1. The maximum atomic E-state index is 11.9. The van der Waals surface area contributed by atoms with E-state index in [1.54, 1.807) is 17.5 Å². The van der Waals surface area contributed by atoms with Crippen LogP contribution in [0.4, 0.5) is 5.13 Å². The molecule has 0 saturated carbocycles. The van der Waals surface area contributed by atoms with Crippen molar-refractivity contribution in [2.75, 3.05) is 17.7 Å². The molecule has 120 valence electrons. The summed E-state index contributed by atoms with van der Waals surface area (Å²) in [7, 11) is 0. The third-order valence-corrected chi connectivity index (χ3v) is 6.25. The number of carbonyl (C=O) groups is 1. The molecule has 0 radical (unpaired) electrons. The predicted octanol–water partition coefficient (Wildman–Crippen LogP) is 4.64. The van der Waals surface area contributed by atoms with Crippen molar-refractivity contribution < 1.29 is 9.53 Å². The highest BCUT2D eigenvalue weighted by Gasteiger charge is 2.10. The van der Waals surface area contributed by atoms with Crippen molar-refractivity contribution >= 4 is 71.6 Å². The lowest BCUT2D eigenvalue weighted by atomic mass is 10.3. The average Bonchev–Trinajstić information content (AvgIpc) is 3.11. The van der Waals surface area contributed by atoms with Gasteiger partial charge in [-0.15, -0.1) is 11.3 Å². The summed E-state index contributed by atoms with van der Waals surface area (Å²) in [5.41, 5.74) is 0.921. The van der Waals surface area contributed by atoms with Crippen LogP contribution in [-0.2, 0) is 4.79 Å². The van der Waals surface area contributed by atoms with Crippen LogP contribution in [0, 0.1) is 0 Å². The van der Waals surface area contributed by atoms with Crippen LogP contribution >= 0.6 is 50.4 Å². The van der Waals surface area contributed by atoms with Gasteiger partial charge in [0.25, 0.3) is 0 Å². The lowest BCUT2D eigenvalue weighted by Gasteiger charge is -2.00. The summed E-state index contributed by atoms with van der Waals surface area (Å²) in [6.45, 7) is 2.59. The van der Waals surface area contributed by atoms with Gasteiger partial charge in [0.2, 0.25) is 5.91 Å². The zero-order valence-corrected chi connectivity index (χ0v) is 16.1. The summed E-state index contributed by atoms with van der Waals surface area (Å²) >= 11 is 7.68. The van der Waals surface area contributed by atoms with Crippen molar-refractivity contribution in [2.24, 2.45) is 0 Å². The molecule has 3 aromatic rings. The van der Waals surface area contributed by atoms with Gasteiger partial charge in [0.1, 0.15) is 5.75 Å². The minimum atomic E-state index is -0.0916. The number of benzene rings is 1. The Morgan fingerprint density at radius 1 is 1.43 bits per heavy atom. The van der Waals surface area contributed by atoms with E-state index in [0.29, 0.717) is 17.5 Å². The van der Waals surface area contributed by atoms with Gasteiger partial charge in [0.05, 0.1) is 32.6 Å². The van der Waals surface area contributed by atoms with E-state index in [2.05, 4.69) is 31.2 Å². The van der Waals surface area contributed by atoms with Crippen molar-refractivity contribution in [1.82, 2.24) is 9.97 Å². The molecule has 2 aromatic heterocycles. The molecule has 2 heterocycles. The largest absolute Gasteiger partial charge is 0.494 e. The third kappa shape index (κ3) is 4.43. The Bertz CT molecular complexity index is 834. The molecule has 3 rings (SSSR count). The molecule has 0 fully saturated rings. The Morgan fingerprint density at radius 2 is 2.30 bits per heavy atom.